The van der Waals surface area contributed by atoms with E-state index in [0.29, 0.717) is 41.2 Å². The van der Waals surface area contributed by atoms with E-state index in [-0.39, 0.29) is 0 Å². The van der Waals surface area contributed by atoms with E-state index in [2.05, 4.69) is 32.6 Å². The predicted octanol–water partition coefficient (Wildman–Crippen LogP) is 3.28. The van der Waals surface area contributed by atoms with Crippen molar-refractivity contribution in [3.8, 4) is 17.2 Å². The Balaban J connectivity index is 1.81. The molecule has 28 heavy (non-hydrogen) atoms. The van der Waals surface area contributed by atoms with Gasteiger partial charge in [0.25, 0.3) is 0 Å². The van der Waals surface area contributed by atoms with Crippen LogP contribution in [-0.4, -0.2) is 43.6 Å². The molecular weight excluding hydrogens is 358 g/mol. The maximum Gasteiger partial charge on any atom is 0.249 e. The lowest BCUT2D eigenvalue weighted by Crippen LogP contribution is -2.18. The third-order valence-corrected chi connectivity index (χ3v) is 4.12. The fraction of sp³-hybridized carbons (Fsp3) is 0.250. The lowest BCUT2D eigenvalue weighted by Gasteiger charge is -2.18. The van der Waals surface area contributed by atoms with Crippen LogP contribution in [0.4, 0.5) is 17.5 Å². The first-order valence-corrected chi connectivity index (χ1v) is 8.66. The monoisotopic (exact) mass is 381 g/mol. The summed E-state index contributed by atoms with van der Waals surface area (Å²) in [5, 5.41) is 11.3. The molecule has 0 saturated carbocycles. The summed E-state index contributed by atoms with van der Waals surface area (Å²) < 4.78 is 16.1. The van der Waals surface area contributed by atoms with Crippen molar-refractivity contribution in [3.05, 3.63) is 54.2 Å². The molecule has 8 heteroatoms. The maximum absolute atomic E-state index is 5.38. The minimum absolute atomic E-state index is 0.367. The van der Waals surface area contributed by atoms with E-state index >= 15 is 0 Å². The second-order valence-electron chi connectivity index (χ2n) is 6.02. The number of rotatable bonds is 8. The highest BCUT2D eigenvalue weighted by Gasteiger charge is 2.14. The van der Waals surface area contributed by atoms with Crippen LogP contribution >= 0.6 is 0 Å². The van der Waals surface area contributed by atoms with Gasteiger partial charge in [-0.2, -0.15) is 10.1 Å². The quantitative estimate of drug-likeness (QED) is 0.637. The molecule has 0 radical (unpaired) electrons. The Kier molecular flexibility index (Phi) is 6.11. The summed E-state index contributed by atoms with van der Waals surface area (Å²) in [5.41, 5.74) is 1.88. The van der Waals surface area contributed by atoms with Crippen LogP contribution in [0.3, 0.4) is 0 Å². The van der Waals surface area contributed by atoms with Gasteiger partial charge in [-0.05, 0) is 5.56 Å². The van der Waals surface area contributed by atoms with E-state index in [9.17, 15) is 0 Å². The van der Waals surface area contributed by atoms with Crippen molar-refractivity contribution in [3.63, 3.8) is 0 Å². The number of hydrogen-bond donors (Lipinski definition) is 1. The van der Waals surface area contributed by atoms with E-state index in [1.165, 1.54) is 5.56 Å². The predicted molar refractivity (Wildman–Crippen MR) is 108 cm³/mol. The van der Waals surface area contributed by atoms with Crippen molar-refractivity contribution < 1.29 is 14.2 Å². The lowest BCUT2D eigenvalue weighted by molar-refractivity contribution is 0.324. The first kappa shape index (κ1) is 19.2. The summed E-state index contributed by atoms with van der Waals surface area (Å²) in [6.07, 6.45) is 1.63. The highest BCUT2D eigenvalue weighted by molar-refractivity contribution is 5.65. The van der Waals surface area contributed by atoms with E-state index < -0.39 is 0 Å². The fourth-order valence-electron chi connectivity index (χ4n) is 2.75. The van der Waals surface area contributed by atoms with Crippen molar-refractivity contribution in [2.24, 2.45) is 0 Å². The Morgan fingerprint density at radius 1 is 0.964 bits per heavy atom. The zero-order chi connectivity index (χ0) is 19.9. The molecule has 1 N–H and O–H groups in total. The Hall–Kier alpha value is -3.55. The third-order valence-electron chi connectivity index (χ3n) is 4.12. The molecule has 1 aromatic heterocycles. The van der Waals surface area contributed by atoms with Gasteiger partial charge in [0.15, 0.2) is 17.3 Å². The number of anilines is 3. The van der Waals surface area contributed by atoms with Crippen LogP contribution in [0.2, 0.25) is 0 Å². The van der Waals surface area contributed by atoms with Crippen LogP contribution in [0.15, 0.2) is 48.7 Å². The van der Waals surface area contributed by atoms with Gasteiger partial charge in [-0.3, -0.25) is 0 Å². The van der Waals surface area contributed by atoms with E-state index in [1.54, 1.807) is 39.7 Å². The van der Waals surface area contributed by atoms with Gasteiger partial charge in [0.2, 0.25) is 11.7 Å². The molecule has 0 aliphatic heterocycles. The zero-order valence-corrected chi connectivity index (χ0v) is 16.3. The summed E-state index contributed by atoms with van der Waals surface area (Å²) >= 11 is 0. The number of benzene rings is 2. The minimum atomic E-state index is 0.367. The second kappa shape index (κ2) is 8.90. The van der Waals surface area contributed by atoms with Crippen LogP contribution in [0.25, 0.3) is 0 Å². The highest BCUT2D eigenvalue weighted by Crippen LogP contribution is 2.40. The van der Waals surface area contributed by atoms with E-state index in [4.69, 9.17) is 14.2 Å². The number of aromatic nitrogens is 3. The molecule has 0 saturated heterocycles. The molecule has 0 atom stereocenters. The van der Waals surface area contributed by atoms with Gasteiger partial charge in [-0.25, -0.2) is 0 Å². The van der Waals surface area contributed by atoms with Gasteiger partial charge in [-0.1, -0.05) is 30.3 Å². The first-order chi connectivity index (χ1) is 13.6. The minimum Gasteiger partial charge on any atom is -0.493 e. The van der Waals surface area contributed by atoms with Crippen LogP contribution in [0, 0.1) is 0 Å². The van der Waals surface area contributed by atoms with Crippen molar-refractivity contribution >= 4 is 17.5 Å². The standard InChI is InChI=1S/C20H23N5O3/c1-25(13-14-8-6-5-7-9-14)18-12-21-24-20(23-18)22-15-10-16(26-2)19(28-4)17(11-15)27-3/h5-12H,13H2,1-4H3,(H,22,23,24). The van der Waals surface area contributed by atoms with Gasteiger partial charge >= 0.3 is 0 Å². The summed E-state index contributed by atoms with van der Waals surface area (Å²) in [6.45, 7) is 0.711. The van der Waals surface area contributed by atoms with Crippen molar-refractivity contribution in [2.75, 3.05) is 38.6 Å². The SMILES string of the molecule is COc1cc(Nc2nncc(N(C)Cc3ccccc3)n2)cc(OC)c1OC. The van der Waals surface area contributed by atoms with Crippen molar-refractivity contribution in [1.82, 2.24) is 15.2 Å². The third kappa shape index (κ3) is 4.40. The number of ether oxygens (including phenoxy) is 3. The molecule has 8 nitrogen and oxygen atoms in total. The zero-order valence-electron chi connectivity index (χ0n) is 16.3. The highest BCUT2D eigenvalue weighted by atomic mass is 16.5. The normalized spacial score (nSPS) is 10.3. The smallest absolute Gasteiger partial charge is 0.249 e. The number of nitrogens with one attached hydrogen (secondary N) is 1. The number of methoxy groups -OCH3 is 3. The molecule has 0 amide bonds. The summed E-state index contributed by atoms with van der Waals surface area (Å²) in [5.74, 6) is 2.66. The summed E-state index contributed by atoms with van der Waals surface area (Å²) in [4.78, 5) is 6.55. The molecular formula is C20H23N5O3. The van der Waals surface area contributed by atoms with Gasteiger partial charge in [-0.15, -0.1) is 5.10 Å². The number of nitrogens with zero attached hydrogens (tertiary/aromatic N) is 4. The molecule has 0 fully saturated rings. The molecule has 3 rings (SSSR count). The van der Waals surface area contributed by atoms with Crippen LogP contribution in [0.1, 0.15) is 5.56 Å². The van der Waals surface area contributed by atoms with Crippen LogP contribution in [-0.2, 0) is 6.54 Å². The average Bonchev–Trinajstić information content (AvgIpc) is 2.73. The maximum atomic E-state index is 5.38. The van der Waals surface area contributed by atoms with Crippen molar-refractivity contribution in [2.45, 2.75) is 6.54 Å². The van der Waals surface area contributed by atoms with Gasteiger partial charge in [0, 0.05) is 31.4 Å². The Morgan fingerprint density at radius 3 is 2.25 bits per heavy atom. The molecule has 2 aromatic carbocycles. The molecule has 0 bridgehead atoms. The lowest BCUT2D eigenvalue weighted by atomic mass is 10.2. The fourth-order valence-corrected chi connectivity index (χ4v) is 2.75. The molecule has 0 unspecified atom stereocenters. The topological polar surface area (TPSA) is 81.6 Å². The molecule has 3 aromatic rings. The molecule has 0 aliphatic carbocycles. The van der Waals surface area contributed by atoms with Crippen molar-refractivity contribution in [1.29, 1.82) is 0 Å². The molecule has 0 spiro atoms. The van der Waals surface area contributed by atoms with Crippen LogP contribution in [0.5, 0.6) is 17.2 Å². The summed E-state index contributed by atoms with van der Waals surface area (Å²) in [6, 6.07) is 13.7. The van der Waals surface area contributed by atoms with E-state index in [1.807, 2.05) is 30.1 Å². The van der Waals surface area contributed by atoms with Crippen LogP contribution < -0.4 is 24.4 Å². The average molecular weight is 381 g/mol. The van der Waals surface area contributed by atoms with E-state index in [0.717, 1.165) is 0 Å². The summed E-state index contributed by atoms with van der Waals surface area (Å²) in [7, 11) is 6.66. The Bertz CT molecular complexity index is 896. The second-order valence-corrected chi connectivity index (χ2v) is 6.02. The molecule has 146 valence electrons. The molecule has 0 aliphatic rings. The van der Waals surface area contributed by atoms with Gasteiger partial charge in [0.1, 0.15) is 0 Å². The largest absolute Gasteiger partial charge is 0.493 e. The first-order valence-electron chi connectivity index (χ1n) is 8.66. The van der Waals surface area contributed by atoms with Gasteiger partial charge in [0.05, 0.1) is 27.5 Å². The van der Waals surface area contributed by atoms with Gasteiger partial charge < -0.3 is 24.4 Å². The number of hydrogen-bond acceptors (Lipinski definition) is 8. The Labute approximate surface area is 164 Å². The Morgan fingerprint density at radius 2 is 1.64 bits per heavy atom. The molecule has 1 heterocycles.